The highest BCUT2D eigenvalue weighted by Gasteiger charge is 2.30. The number of aromatic nitrogens is 4. The van der Waals surface area contributed by atoms with E-state index in [-0.39, 0.29) is 23.3 Å². The summed E-state index contributed by atoms with van der Waals surface area (Å²) in [6, 6.07) is 3.22. The van der Waals surface area contributed by atoms with Crippen LogP contribution in [0, 0.1) is 6.92 Å². The number of hydrogen-bond donors (Lipinski definition) is 2. The molecule has 3 aromatic rings. The van der Waals surface area contributed by atoms with Crippen LogP contribution in [0.25, 0.3) is 5.65 Å². The minimum absolute atomic E-state index is 0.0389. The maximum absolute atomic E-state index is 12.8. The van der Waals surface area contributed by atoms with E-state index in [4.69, 9.17) is 4.52 Å². The van der Waals surface area contributed by atoms with Crippen molar-refractivity contribution in [3.63, 3.8) is 0 Å². The number of nitrogens with zero attached hydrogens (tertiary/aromatic N) is 4. The number of amides is 2. The Kier molecular flexibility index (Phi) is 3.79. The molecule has 1 aliphatic heterocycles. The van der Waals surface area contributed by atoms with Crippen molar-refractivity contribution in [2.75, 3.05) is 13.1 Å². The van der Waals surface area contributed by atoms with Gasteiger partial charge in [0, 0.05) is 25.3 Å². The number of H-pyrrole nitrogens is 1. The van der Waals surface area contributed by atoms with Crippen LogP contribution in [0.1, 0.15) is 32.9 Å². The van der Waals surface area contributed by atoms with E-state index in [9.17, 15) is 14.4 Å². The van der Waals surface area contributed by atoms with Gasteiger partial charge in [0.2, 0.25) is 0 Å². The number of carbonyl (C=O) groups excluding carboxylic acids is 2. The molecule has 10 heteroatoms. The van der Waals surface area contributed by atoms with Gasteiger partial charge in [-0.1, -0.05) is 0 Å². The van der Waals surface area contributed by atoms with Gasteiger partial charge in [-0.25, -0.2) is 0 Å². The first-order valence-electron chi connectivity index (χ1n) is 8.11. The van der Waals surface area contributed by atoms with Gasteiger partial charge in [0.1, 0.15) is 17.7 Å². The molecule has 1 aliphatic rings. The lowest BCUT2D eigenvalue weighted by molar-refractivity contribution is 0.0784. The van der Waals surface area contributed by atoms with Crippen molar-refractivity contribution >= 4 is 17.5 Å². The number of aromatic amines is 1. The van der Waals surface area contributed by atoms with Crippen molar-refractivity contribution in [3.8, 4) is 0 Å². The van der Waals surface area contributed by atoms with Crippen LogP contribution in [0.4, 0.5) is 0 Å². The largest absolute Gasteiger partial charge is 0.383 e. The van der Waals surface area contributed by atoms with E-state index in [1.54, 1.807) is 27.6 Å². The second-order valence-corrected chi connectivity index (χ2v) is 6.16. The zero-order chi connectivity index (χ0) is 18.3. The minimum Gasteiger partial charge on any atom is -0.383 e. The second kappa shape index (κ2) is 6.14. The smallest absolute Gasteiger partial charge is 0.293 e. The summed E-state index contributed by atoms with van der Waals surface area (Å²) >= 11 is 0. The van der Waals surface area contributed by atoms with Crippen LogP contribution in [0.3, 0.4) is 0 Å². The van der Waals surface area contributed by atoms with Crippen molar-refractivity contribution in [1.29, 1.82) is 0 Å². The van der Waals surface area contributed by atoms with Crippen molar-refractivity contribution in [2.24, 2.45) is 0 Å². The number of carbonyl (C=O) groups is 2. The average molecular weight is 356 g/mol. The molecule has 10 nitrogen and oxygen atoms in total. The molecule has 4 rings (SSSR count). The van der Waals surface area contributed by atoms with Crippen molar-refractivity contribution in [3.05, 3.63) is 51.9 Å². The van der Waals surface area contributed by atoms with Gasteiger partial charge in [0.15, 0.2) is 5.65 Å². The van der Waals surface area contributed by atoms with Gasteiger partial charge in [-0.2, -0.15) is 5.16 Å². The molecule has 26 heavy (non-hydrogen) atoms. The maximum Gasteiger partial charge on any atom is 0.293 e. The molecule has 134 valence electrons. The minimum atomic E-state index is -0.565. The third-order valence-corrected chi connectivity index (χ3v) is 4.47. The fourth-order valence-electron chi connectivity index (χ4n) is 3.16. The Morgan fingerprint density at radius 2 is 2.27 bits per heavy atom. The molecule has 1 atom stereocenters. The highest BCUT2D eigenvalue weighted by atomic mass is 16.5. The van der Waals surface area contributed by atoms with Crippen LogP contribution in [-0.2, 0) is 0 Å². The molecule has 0 aromatic carbocycles. The summed E-state index contributed by atoms with van der Waals surface area (Å²) in [5.41, 5.74) is 0.344. The van der Waals surface area contributed by atoms with E-state index < -0.39 is 11.5 Å². The number of hydrogen-bond acceptors (Lipinski definition) is 6. The molecule has 1 saturated heterocycles. The molecule has 0 spiro atoms. The SMILES string of the molecule is Cc1o[nH]c(=O)c1C(=O)NC1CCN(C(=O)c2cccn3cnnc23)C1. The van der Waals surface area contributed by atoms with Gasteiger partial charge >= 0.3 is 0 Å². The van der Waals surface area contributed by atoms with Crippen LogP contribution >= 0.6 is 0 Å². The fourth-order valence-corrected chi connectivity index (χ4v) is 3.16. The Morgan fingerprint density at radius 1 is 1.42 bits per heavy atom. The Labute approximate surface area is 146 Å². The van der Waals surface area contributed by atoms with Crippen LogP contribution in [-0.4, -0.2) is 55.6 Å². The molecular weight excluding hydrogens is 340 g/mol. The zero-order valence-electron chi connectivity index (χ0n) is 13.9. The number of nitrogens with one attached hydrogen (secondary N) is 2. The summed E-state index contributed by atoms with van der Waals surface area (Å²) in [4.78, 5) is 38.3. The number of fused-ring (bicyclic) bond motifs is 1. The van der Waals surface area contributed by atoms with Crippen LogP contribution in [0.2, 0.25) is 0 Å². The quantitative estimate of drug-likeness (QED) is 0.678. The normalized spacial score (nSPS) is 17.0. The zero-order valence-corrected chi connectivity index (χ0v) is 13.9. The van der Waals surface area contributed by atoms with E-state index in [0.717, 1.165) is 0 Å². The van der Waals surface area contributed by atoms with Gasteiger partial charge in [0.05, 0.1) is 5.56 Å². The highest BCUT2D eigenvalue weighted by molar-refractivity contribution is 6.00. The summed E-state index contributed by atoms with van der Waals surface area (Å²) in [5.74, 6) is -0.439. The summed E-state index contributed by atoms with van der Waals surface area (Å²) in [6.07, 6.45) is 3.90. The number of likely N-dealkylation sites (tertiary alicyclic amines) is 1. The third-order valence-electron chi connectivity index (χ3n) is 4.47. The topological polar surface area (TPSA) is 126 Å². The lowest BCUT2D eigenvalue weighted by Crippen LogP contribution is -2.40. The molecule has 0 bridgehead atoms. The summed E-state index contributed by atoms with van der Waals surface area (Å²) < 4.78 is 6.53. The molecule has 2 amide bonds. The molecule has 1 unspecified atom stereocenters. The van der Waals surface area contributed by atoms with Gasteiger partial charge in [0.25, 0.3) is 17.4 Å². The van der Waals surface area contributed by atoms with Crippen LogP contribution in [0.5, 0.6) is 0 Å². The van der Waals surface area contributed by atoms with Crippen molar-refractivity contribution in [2.45, 2.75) is 19.4 Å². The predicted molar refractivity (Wildman–Crippen MR) is 88.8 cm³/mol. The molecule has 0 aliphatic carbocycles. The molecular formula is C16H16N6O4. The van der Waals surface area contributed by atoms with Gasteiger partial charge < -0.3 is 14.7 Å². The van der Waals surface area contributed by atoms with Gasteiger partial charge in [-0.15, -0.1) is 10.2 Å². The standard InChI is InChI=1S/C16H16N6O4/c1-9-12(15(24)20-26-9)14(23)18-10-4-6-21(7-10)16(25)11-3-2-5-22-8-17-19-13(11)22/h2-3,5,8,10H,4,6-7H2,1H3,(H,18,23)(H,20,24). The van der Waals surface area contributed by atoms with Crippen LogP contribution in [0.15, 0.2) is 34.0 Å². The fraction of sp³-hybridized carbons (Fsp3) is 0.312. The van der Waals surface area contributed by atoms with E-state index in [2.05, 4.69) is 20.7 Å². The second-order valence-electron chi connectivity index (χ2n) is 6.16. The number of aryl methyl sites for hydroxylation is 1. The maximum atomic E-state index is 12.8. The molecule has 1 fully saturated rings. The first-order valence-corrected chi connectivity index (χ1v) is 8.11. The lowest BCUT2D eigenvalue weighted by Gasteiger charge is -2.17. The summed E-state index contributed by atoms with van der Waals surface area (Å²) in [6.45, 7) is 2.39. The van der Waals surface area contributed by atoms with Gasteiger partial charge in [-0.05, 0) is 25.5 Å². The predicted octanol–water partition coefficient (Wildman–Crippen LogP) is -0.0365. The average Bonchev–Trinajstić information content (AvgIpc) is 3.34. The first kappa shape index (κ1) is 16.1. The van der Waals surface area contributed by atoms with Crippen molar-refractivity contribution in [1.82, 2.24) is 30.0 Å². The Balaban J connectivity index is 1.47. The van der Waals surface area contributed by atoms with Gasteiger partial charge in [-0.3, -0.25) is 18.8 Å². The van der Waals surface area contributed by atoms with E-state index in [1.165, 1.54) is 13.3 Å². The Bertz CT molecular complexity index is 1050. The number of pyridine rings is 1. The molecule has 3 aromatic heterocycles. The molecule has 0 radical (unpaired) electrons. The Hall–Kier alpha value is -3.43. The molecule has 4 heterocycles. The highest BCUT2D eigenvalue weighted by Crippen LogP contribution is 2.17. The van der Waals surface area contributed by atoms with E-state index >= 15 is 0 Å². The molecule has 0 saturated carbocycles. The van der Waals surface area contributed by atoms with E-state index in [0.29, 0.717) is 30.7 Å². The summed E-state index contributed by atoms with van der Waals surface area (Å²) in [7, 11) is 0. The Morgan fingerprint density at radius 3 is 3.04 bits per heavy atom. The first-order chi connectivity index (χ1) is 12.5. The number of rotatable bonds is 3. The summed E-state index contributed by atoms with van der Waals surface area (Å²) in [5, 5.41) is 12.7. The van der Waals surface area contributed by atoms with E-state index in [1.807, 2.05) is 0 Å². The molecule has 2 N–H and O–H groups in total. The van der Waals surface area contributed by atoms with Crippen LogP contribution < -0.4 is 10.9 Å². The third kappa shape index (κ3) is 2.65. The monoisotopic (exact) mass is 356 g/mol. The van der Waals surface area contributed by atoms with Crippen molar-refractivity contribution < 1.29 is 14.1 Å². The lowest BCUT2D eigenvalue weighted by atomic mass is 10.2.